The highest BCUT2D eigenvalue weighted by Gasteiger charge is 2.21. The quantitative estimate of drug-likeness (QED) is 0.857. The Kier molecular flexibility index (Phi) is 4.87. The summed E-state index contributed by atoms with van der Waals surface area (Å²) in [6.07, 6.45) is -0.613. The van der Waals surface area contributed by atoms with E-state index in [4.69, 9.17) is 10.5 Å². The second-order valence-corrected chi connectivity index (χ2v) is 5.24. The van der Waals surface area contributed by atoms with Crippen molar-refractivity contribution < 1.29 is 9.53 Å². The maximum Gasteiger partial charge on any atom is 0.254 e. The topological polar surface area (TPSA) is 64.3 Å². The molecule has 0 aliphatic carbocycles. The van der Waals surface area contributed by atoms with Gasteiger partial charge in [0.25, 0.3) is 5.91 Å². The SMILES string of the molecule is COC(CN)C(=O)Nc1ccccc1C(C)(C)C. The van der Waals surface area contributed by atoms with E-state index in [-0.39, 0.29) is 17.9 Å². The molecule has 0 spiro atoms. The van der Waals surface area contributed by atoms with Gasteiger partial charge in [-0.15, -0.1) is 0 Å². The molecule has 0 aliphatic heterocycles. The number of benzene rings is 1. The summed E-state index contributed by atoms with van der Waals surface area (Å²) >= 11 is 0. The number of carbonyl (C=O) groups excluding carboxylic acids is 1. The van der Waals surface area contributed by atoms with Crippen molar-refractivity contribution in [3.63, 3.8) is 0 Å². The van der Waals surface area contributed by atoms with Gasteiger partial charge >= 0.3 is 0 Å². The van der Waals surface area contributed by atoms with E-state index in [1.54, 1.807) is 0 Å². The zero-order chi connectivity index (χ0) is 13.8. The molecule has 0 aromatic heterocycles. The van der Waals surface area contributed by atoms with Crippen LogP contribution in [-0.4, -0.2) is 25.7 Å². The lowest BCUT2D eigenvalue weighted by Crippen LogP contribution is -2.36. The Morgan fingerprint density at radius 1 is 1.39 bits per heavy atom. The predicted molar refractivity (Wildman–Crippen MR) is 73.6 cm³/mol. The number of amides is 1. The number of ether oxygens (including phenoxy) is 1. The van der Waals surface area contributed by atoms with Crippen molar-refractivity contribution in [3.8, 4) is 0 Å². The Morgan fingerprint density at radius 2 is 2.00 bits per heavy atom. The van der Waals surface area contributed by atoms with Crippen LogP contribution in [0.15, 0.2) is 24.3 Å². The first-order chi connectivity index (χ1) is 8.40. The van der Waals surface area contributed by atoms with Crippen LogP contribution in [0.25, 0.3) is 0 Å². The van der Waals surface area contributed by atoms with E-state index in [1.807, 2.05) is 24.3 Å². The summed E-state index contributed by atoms with van der Waals surface area (Å²) in [5, 5.41) is 2.88. The number of anilines is 1. The third-order valence-electron chi connectivity index (χ3n) is 2.78. The summed E-state index contributed by atoms with van der Waals surface area (Å²) in [5.74, 6) is -0.211. The fourth-order valence-electron chi connectivity index (χ4n) is 1.77. The van der Waals surface area contributed by atoms with Gasteiger partial charge in [0.05, 0.1) is 0 Å². The fraction of sp³-hybridized carbons (Fsp3) is 0.500. The normalized spacial score (nSPS) is 13.2. The van der Waals surface area contributed by atoms with Crippen molar-refractivity contribution in [2.75, 3.05) is 19.0 Å². The van der Waals surface area contributed by atoms with Crippen LogP contribution in [0.1, 0.15) is 26.3 Å². The van der Waals surface area contributed by atoms with Crippen molar-refractivity contribution in [2.45, 2.75) is 32.3 Å². The summed E-state index contributed by atoms with van der Waals surface area (Å²) < 4.78 is 5.02. The minimum atomic E-state index is -0.613. The Morgan fingerprint density at radius 3 is 2.50 bits per heavy atom. The first kappa shape index (κ1) is 14.7. The third-order valence-corrected chi connectivity index (χ3v) is 2.78. The Hall–Kier alpha value is -1.39. The number of nitrogens with one attached hydrogen (secondary N) is 1. The van der Waals surface area contributed by atoms with Crippen LogP contribution in [0.3, 0.4) is 0 Å². The molecular formula is C14H22N2O2. The minimum absolute atomic E-state index is 0.0326. The Bertz CT molecular complexity index is 407. The molecule has 0 aliphatic rings. The van der Waals surface area contributed by atoms with Crippen LogP contribution < -0.4 is 11.1 Å². The number of nitrogens with two attached hydrogens (primary N) is 1. The number of carbonyl (C=O) groups is 1. The van der Waals surface area contributed by atoms with E-state index in [9.17, 15) is 4.79 Å². The van der Waals surface area contributed by atoms with E-state index in [2.05, 4.69) is 26.1 Å². The maximum absolute atomic E-state index is 11.9. The standard InChI is InChI=1S/C14H22N2O2/c1-14(2,3)10-7-5-6-8-11(10)16-13(17)12(9-15)18-4/h5-8,12H,9,15H2,1-4H3,(H,16,17). The van der Waals surface area contributed by atoms with Crippen LogP contribution in [0.4, 0.5) is 5.69 Å². The van der Waals surface area contributed by atoms with Gasteiger partial charge in [0.15, 0.2) is 0 Å². The molecule has 0 saturated heterocycles. The van der Waals surface area contributed by atoms with Gasteiger partial charge in [0.1, 0.15) is 6.10 Å². The molecule has 4 nitrogen and oxygen atoms in total. The Labute approximate surface area is 109 Å². The van der Waals surface area contributed by atoms with Crippen molar-refractivity contribution in [2.24, 2.45) is 5.73 Å². The largest absolute Gasteiger partial charge is 0.370 e. The number of methoxy groups -OCH3 is 1. The summed E-state index contributed by atoms with van der Waals surface area (Å²) in [7, 11) is 1.48. The van der Waals surface area contributed by atoms with Crippen molar-refractivity contribution in [1.82, 2.24) is 0 Å². The van der Waals surface area contributed by atoms with Gasteiger partial charge in [-0.2, -0.15) is 0 Å². The predicted octanol–water partition coefficient (Wildman–Crippen LogP) is 1.90. The van der Waals surface area contributed by atoms with Crippen LogP contribution >= 0.6 is 0 Å². The van der Waals surface area contributed by atoms with Gasteiger partial charge in [-0.25, -0.2) is 0 Å². The monoisotopic (exact) mass is 250 g/mol. The highest BCUT2D eigenvalue weighted by atomic mass is 16.5. The molecule has 3 N–H and O–H groups in total. The molecule has 0 heterocycles. The lowest BCUT2D eigenvalue weighted by Gasteiger charge is -2.23. The first-order valence-electron chi connectivity index (χ1n) is 6.03. The van der Waals surface area contributed by atoms with Gasteiger partial charge in [-0.05, 0) is 17.0 Å². The van der Waals surface area contributed by atoms with Gasteiger partial charge in [0.2, 0.25) is 0 Å². The lowest BCUT2D eigenvalue weighted by molar-refractivity contribution is -0.125. The first-order valence-corrected chi connectivity index (χ1v) is 6.03. The molecule has 0 saturated carbocycles. The molecule has 1 rings (SSSR count). The zero-order valence-electron chi connectivity index (χ0n) is 11.5. The Balaban J connectivity index is 2.95. The van der Waals surface area contributed by atoms with Crippen LogP contribution in [-0.2, 0) is 14.9 Å². The zero-order valence-corrected chi connectivity index (χ0v) is 11.5. The fourth-order valence-corrected chi connectivity index (χ4v) is 1.77. The lowest BCUT2D eigenvalue weighted by atomic mass is 9.86. The smallest absolute Gasteiger partial charge is 0.254 e. The molecule has 1 atom stereocenters. The summed E-state index contributed by atoms with van der Waals surface area (Å²) in [5.41, 5.74) is 7.34. The average Bonchev–Trinajstić information content (AvgIpc) is 2.30. The van der Waals surface area contributed by atoms with Gasteiger partial charge in [-0.1, -0.05) is 39.0 Å². The van der Waals surface area contributed by atoms with Crippen LogP contribution in [0, 0.1) is 0 Å². The molecule has 1 unspecified atom stereocenters. The summed E-state index contributed by atoms with van der Waals surface area (Å²) in [6.45, 7) is 6.48. The molecule has 0 fully saturated rings. The molecule has 0 radical (unpaired) electrons. The molecule has 1 aromatic rings. The number of para-hydroxylation sites is 1. The number of rotatable bonds is 4. The van der Waals surface area contributed by atoms with Crippen molar-refractivity contribution in [3.05, 3.63) is 29.8 Å². The van der Waals surface area contributed by atoms with Crippen molar-refractivity contribution in [1.29, 1.82) is 0 Å². The van der Waals surface area contributed by atoms with E-state index in [0.29, 0.717) is 0 Å². The highest BCUT2D eigenvalue weighted by molar-refractivity contribution is 5.95. The van der Waals surface area contributed by atoms with Crippen LogP contribution in [0.5, 0.6) is 0 Å². The van der Waals surface area contributed by atoms with Crippen LogP contribution in [0.2, 0.25) is 0 Å². The molecule has 100 valence electrons. The van der Waals surface area contributed by atoms with E-state index in [0.717, 1.165) is 11.3 Å². The number of hydrogen-bond acceptors (Lipinski definition) is 3. The molecular weight excluding hydrogens is 228 g/mol. The summed E-state index contributed by atoms with van der Waals surface area (Å²) in [4.78, 5) is 11.9. The van der Waals surface area contributed by atoms with E-state index in [1.165, 1.54) is 7.11 Å². The minimum Gasteiger partial charge on any atom is -0.370 e. The van der Waals surface area contributed by atoms with Gasteiger partial charge in [0, 0.05) is 19.3 Å². The van der Waals surface area contributed by atoms with E-state index >= 15 is 0 Å². The second kappa shape index (κ2) is 5.98. The highest BCUT2D eigenvalue weighted by Crippen LogP contribution is 2.29. The molecule has 0 bridgehead atoms. The number of hydrogen-bond donors (Lipinski definition) is 2. The molecule has 1 amide bonds. The molecule has 18 heavy (non-hydrogen) atoms. The molecule has 4 heteroatoms. The van der Waals surface area contributed by atoms with Gasteiger partial charge in [-0.3, -0.25) is 4.79 Å². The third kappa shape index (κ3) is 3.55. The maximum atomic E-state index is 11.9. The van der Waals surface area contributed by atoms with Gasteiger partial charge < -0.3 is 15.8 Å². The summed E-state index contributed by atoms with van der Waals surface area (Å²) in [6, 6.07) is 7.77. The van der Waals surface area contributed by atoms with Crippen molar-refractivity contribution >= 4 is 11.6 Å². The molecule has 1 aromatic carbocycles. The van der Waals surface area contributed by atoms with E-state index < -0.39 is 6.10 Å². The average molecular weight is 250 g/mol. The second-order valence-electron chi connectivity index (χ2n) is 5.24.